The molecule has 18 heavy (non-hydrogen) atoms. The van der Waals surface area contributed by atoms with Crippen LogP contribution in [0.3, 0.4) is 0 Å². The van der Waals surface area contributed by atoms with Crippen LogP contribution >= 0.6 is 0 Å². The van der Waals surface area contributed by atoms with Crippen molar-refractivity contribution < 1.29 is 4.74 Å². The summed E-state index contributed by atoms with van der Waals surface area (Å²) in [7, 11) is 0. The first-order valence-electron chi connectivity index (χ1n) is 7.05. The average Bonchev–Trinajstić information content (AvgIpc) is 2.64. The third kappa shape index (κ3) is 1.87. The molecule has 1 N–H and O–H groups in total. The Morgan fingerprint density at radius 3 is 3.00 bits per heavy atom. The molecule has 0 aromatic heterocycles. The molecule has 0 saturated carbocycles. The van der Waals surface area contributed by atoms with Gasteiger partial charge in [-0.1, -0.05) is 0 Å². The molecule has 0 saturated heterocycles. The SMILES string of the molecule is CCN1CCOc2c1cc1c(c2C)CCNCC1. The van der Waals surface area contributed by atoms with Crippen molar-refractivity contribution in [1.29, 1.82) is 0 Å². The lowest BCUT2D eigenvalue weighted by Crippen LogP contribution is -2.33. The molecule has 1 aromatic carbocycles. The normalized spacial score (nSPS) is 18.7. The number of fused-ring (bicyclic) bond motifs is 2. The van der Waals surface area contributed by atoms with Crippen LogP contribution in [0.2, 0.25) is 0 Å². The van der Waals surface area contributed by atoms with E-state index < -0.39 is 0 Å². The molecule has 2 aliphatic rings. The van der Waals surface area contributed by atoms with Gasteiger partial charge in [-0.15, -0.1) is 0 Å². The Morgan fingerprint density at radius 2 is 2.17 bits per heavy atom. The first-order chi connectivity index (χ1) is 8.81. The Labute approximate surface area is 109 Å². The minimum atomic E-state index is 0.818. The van der Waals surface area contributed by atoms with Crippen LogP contribution < -0.4 is 15.0 Å². The van der Waals surface area contributed by atoms with E-state index in [1.807, 2.05) is 0 Å². The number of hydrogen-bond donors (Lipinski definition) is 1. The summed E-state index contributed by atoms with van der Waals surface area (Å²) in [6.07, 6.45) is 2.27. The van der Waals surface area contributed by atoms with Gasteiger partial charge in [-0.05, 0) is 62.5 Å². The summed E-state index contributed by atoms with van der Waals surface area (Å²) in [5.41, 5.74) is 5.70. The molecule has 2 heterocycles. The van der Waals surface area contributed by atoms with Gasteiger partial charge in [0.25, 0.3) is 0 Å². The van der Waals surface area contributed by atoms with Gasteiger partial charge in [0.15, 0.2) is 0 Å². The highest BCUT2D eigenvalue weighted by Crippen LogP contribution is 2.39. The predicted molar refractivity (Wildman–Crippen MR) is 74.8 cm³/mol. The van der Waals surface area contributed by atoms with Crippen molar-refractivity contribution in [3.05, 3.63) is 22.8 Å². The molecular weight excluding hydrogens is 224 g/mol. The second-order valence-electron chi connectivity index (χ2n) is 5.17. The molecule has 0 amide bonds. The zero-order chi connectivity index (χ0) is 12.5. The summed E-state index contributed by atoms with van der Waals surface area (Å²) in [5.74, 6) is 1.13. The minimum Gasteiger partial charge on any atom is -0.489 e. The fourth-order valence-corrected chi connectivity index (χ4v) is 3.14. The predicted octanol–water partition coefficient (Wildman–Crippen LogP) is 1.90. The maximum absolute atomic E-state index is 5.93. The zero-order valence-corrected chi connectivity index (χ0v) is 11.4. The topological polar surface area (TPSA) is 24.5 Å². The fraction of sp³-hybridized carbons (Fsp3) is 0.600. The van der Waals surface area contributed by atoms with Crippen molar-refractivity contribution in [2.75, 3.05) is 37.7 Å². The van der Waals surface area contributed by atoms with Crippen LogP contribution in [0.4, 0.5) is 5.69 Å². The smallest absolute Gasteiger partial charge is 0.145 e. The number of hydrogen-bond acceptors (Lipinski definition) is 3. The van der Waals surface area contributed by atoms with E-state index in [0.717, 1.165) is 51.4 Å². The lowest BCUT2D eigenvalue weighted by Gasteiger charge is -2.32. The zero-order valence-electron chi connectivity index (χ0n) is 11.4. The molecule has 98 valence electrons. The fourth-order valence-electron chi connectivity index (χ4n) is 3.14. The van der Waals surface area contributed by atoms with Gasteiger partial charge in [0.2, 0.25) is 0 Å². The van der Waals surface area contributed by atoms with Gasteiger partial charge >= 0.3 is 0 Å². The molecule has 0 fully saturated rings. The van der Waals surface area contributed by atoms with Gasteiger partial charge < -0.3 is 15.0 Å². The number of likely N-dealkylation sites (N-methyl/N-ethyl adjacent to an activating group) is 1. The molecule has 1 aromatic rings. The van der Waals surface area contributed by atoms with Crippen LogP contribution in [0, 0.1) is 6.92 Å². The van der Waals surface area contributed by atoms with E-state index >= 15 is 0 Å². The molecule has 0 atom stereocenters. The monoisotopic (exact) mass is 246 g/mol. The second-order valence-corrected chi connectivity index (χ2v) is 5.17. The van der Waals surface area contributed by atoms with Gasteiger partial charge in [0.1, 0.15) is 12.4 Å². The molecule has 0 unspecified atom stereocenters. The van der Waals surface area contributed by atoms with Gasteiger partial charge in [-0.2, -0.15) is 0 Å². The summed E-state index contributed by atoms with van der Waals surface area (Å²) in [5, 5.41) is 3.48. The molecular formula is C15H22N2O. The quantitative estimate of drug-likeness (QED) is 0.819. The van der Waals surface area contributed by atoms with Crippen LogP contribution in [-0.2, 0) is 12.8 Å². The van der Waals surface area contributed by atoms with Crippen molar-refractivity contribution in [1.82, 2.24) is 5.32 Å². The van der Waals surface area contributed by atoms with E-state index in [0.29, 0.717) is 0 Å². The molecule has 3 rings (SSSR count). The van der Waals surface area contributed by atoms with Gasteiger partial charge in [-0.3, -0.25) is 0 Å². The maximum atomic E-state index is 5.93. The minimum absolute atomic E-state index is 0.818. The van der Waals surface area contributed by atoms with Crippen LogP contribution in [0.5, 0.6) is 5.75 Å². The first kappa shape index (κ1) is 11.8. The third-order valence-electron chi connectivity index (χ3n) is 4.18. The molecule has 2 aliphatic heterocycles. The van der Waals surface area contributed by atoms with Crippen molar-refractivity contribution >= 4 is 5.69 Å². The van der Waals surface area contributed by atoms with Crippen LogP contribution in [0.25, 0.3) is 0 Å². The molecule has 3 heteroatoms. The van der Waals surface area contributed by atoms with Crippen LogP contribution in [0.15, 0.2) is 6.07 Å². The van der Waals surface area contributed by atoms with Gasteiger partial charge in [-0.25, -0.2) is 0 Å². The van der Waals surface area contributed by atoms with E-state index in [1.54, 1.807) is 0 Å². The number of benzene rings is 1. The van der Waals surface area contributed by atoms with E-state index in [4.69, 9.17) is 4.74 Å². The summed E-state index contributed by atoms with van der Waals surface area (Å²) in [6.45, 7) is 9.52. The summed E-state index contributed by atoms with van der Waals surface area (Å²) >= 11 is 0. The number of nitrogens with one attached hydrogen (secondary N) is 1. The summed E-state index contributed by atoms with van der Waals surface area (Å²) in [6, 6.07) is 2.37. The van der Waals surface area contributed by atoms with E-state index in [-0.39, 0.29) is 0 Å². The molecule has 0 bridgehead atoms. The van der Waals surface area contributed by atoms with E-state index in [2.05, 4.69) is 30.1 Å². The highest BCUT2D eigenvalue weighted by atomic mass is 16.5. The lowest BCUT2D eigenvalue weighted by atomic mass is 9.95. The Morgan fingerprint density at radius 1 is 1.33 bits per heavy atom. The largest absolute Gasteiger partial charge is 0.489 e. The Balaban J connectivity index is 2.12. The summed E-state index contributed by atoms with van der Waals surface area (Å²) in [4.78, 5) is 2.43. The molecule has 0 spiro atoms. The van der Waals surface area contributed by atoms with Crippen molar-refractivity contribution in [2.24, 2.45) is 0 Å². The van der Waals surface area contributed by atoms with Crippen LogP contribution in [-0.4, -0.2) is 32.8 Å². The second kappa shape index (κ2) is 4.81. The molecule has 3 nitrogen and oxygen atoms in total. The van der Waals surface area contributed by atoms with Crippen molar-refractivity contribution in [3.63, 3.8) is 0 Å². The Kier molecular flexibility index (Phi) is 3.16. The first-order valence-corrected chi connectivity index (χ1v) is 7.05. The average molecular weight is 246 g/mol. The van der Waals surface area contributed by atoms with Crippen LogP contribution in [0.1, 0.15) is 23.6 Å². The summed E-state index contributed by atoms with van der Waals surface area (Å²) < 4.78 is 5.93. The number of ether oxygens (including phenoxy) is 1. The van der Waals surface area contributed by atoms with E-state index in [9.17, 15) is 0 Å². The van der Waals surface area contributed by atoms with E-state index in [1.165, 1.54) is 22.4 Å². The molecule has 0 radical (unpaired) electrons. The Bertz CT molecular complexity index is 456. The van der Waals surface area contributed by atoms with Gasteiger partial charge in [0, 0.05) is 6.54 Å². The van der Waals surface area contributed by atoms with Gasteiger partial charge in [0.05, 0.1) is 12.2 Å². The lowest BCUT2D eigenvalue weighted by molar-refractivity contribution is 0.306. The molecule has 0 aliphatic carbocycles. The standard InChI is InChI=1S/C15H22N2O/c1-3-17-8-9-18-15-11(2)13-5-7-16-6-4-12(13)10-14(15)17/h10,16H,3-9H2,1-2H3. The van der Waals surface area contributed by atoms with Crippen molar-refractivity contribution in [2.45, 2.75) is 26.7 Å². The third-order valence-corrected chi connectivity index (χ3v) is 4.18. The maximum Gasteiger partial charge on any atom is 0.145 e. The van der Waals surface area contributed by atoms with Crippen molar-refractivity contribution in [3.8, 4) is 5.75 Å². The number of nitrogens with zero attached hydrogens (tertiary/aromatic N) is 1. The highest BCUT2D eigenvalue weighted by Gasteiger charge is 2.23. The number of anilines is 1. The Hall–Kier alpha value is -1.22. The number of rotatable bonds is 1. The highest BCUT2D eigenvalue weighted by molar-refractivity contribution is 5.67.